The summed E-state index contributed by atoms with van der Waals surface area (Å²) in [5, 5.41) is 0. The number of anilines is 1. The number of aromatic nitrogens is 1. The van der Waals surface area contributed by atoms with Crippen LogP contribution in [-0.2, 0) is 5.75 Å². The number of nitrogens with two attached hydrogens (primary N) is 1. The Bertz CT molecular complexity index is 544. The van der Waals surface area contributed by atoms with Crippen molar-refractivity contribution < 1.29 is 9.47 Å². The molecule has 2 aromatic rings. The normalized spacial score (nSPS) is 10.2. The van der Waals surface area contributed by atoms with Gasteiger partial charge in [0.15, 0.2) is 11.5 Å². The van der Waals surface area contributed by atoms with Gasteiger partial charge < -0.3 is 15.2 Å². The molecule has 1 aromatic heterocycles. The molecule has 0 radical (unpaired) electrons. The van der Waals surface area contributed by atoms with Gasteiger partial charge in [-0.05, 0) is 24.3 Å². The summed E-state index contributed by atoms with van der Waals surface area (Å²) in [5.74, 6) is 2.10. The molecule has 0 fully saturated rings. The Balaban J connectivity index is 2.13. The van der Waals surface area contributed by atoms with E-state index in [1.807, 2.05) is 24.3 Å². The summed E-state index contributed by atoms with van der Waals surface area (Å²) in [6.45, 7) is 0. The van der Waals surface area contributed by atoms with E-state index in [1.165, 1.54) is 0 Å². The Kier molecular flexibility index (Phi) is 4.52. The zero-order chi connectivity index (χ0) is 13.7. The zero-order valence-corrected chi connectivity index (χ0v) is 11.7. The fourth-order valence-corrected chi connectivity index (χ4v) is 2.51. The van der Waals surface area contributed by atoms with E-state index >= 15 is 0 Å². The van der Waals surface area contributed by atoms with Gasteiger partial charge in [0.05, 0.1) is 19.9 Å². The smallest absolute Gasteiger partial charge is 0.183 e. The topological polar surface area (TPSA) is 57.4 Å². The van der Waals surface area contributed by atoms with Crippen molar-refractivity contribution in [3.05, 3.63) is 42.2 Å². The Labute approximate surface area is 116 Å². The predicted molar refractivity (Wildman–Crippen MR) is 77.8 cm³/mol. The van der Waals surface area contributed by atoms with E-state index in [9.17, 15) is 0 Å². The molecule has 0 aliphatic rings. The summed E-state index contributed by atoms with van der Waals surface area (Å²) in [6.07, 6.45) is 1.72. The van der Waals surface area contributed by atoms with Crippen LogP contribution in [0, 0.1) is 0 Å². The molecule has 1 heterocycles. The van der Waals surface area contributed by atoms with Crippen molar-refractivity contribution in [3.8, 4) is 11.5 Å². The van der Waals surface area contributed by atoms with Crippen LogP contribution in [0.3, 0.4) is 0 Å². The van der Waals surface area contributed by atoms with Crippen LogP contribution in [0.25, 0.3) is 0 Å². The van der Waals surface area contributed by atoms with Crippen LogP contribution in [0.15, 0.2) is 41.4 Å². The molecule has 100 valence electrons. The molecule has 4 nitrogen and oxygen atoms in total. The molecule has 1 aromatic carbocycles. The summed E-state index contributed by atoms with van der Waals surface area (Å²) < 4.78 is 10.6. The van der Waals surface area contributed by atoms with Crippen molar-refractivity contribution in [2.45, 2.75) is 10.6 Å². The maximum absolute atomic E-state index is 5.66. The number of hydrogen-bond donors (Lipinski definition) is 1. The average molecular weight is 276 g/mol. The SMILES string of the molecule is COc1ccnc(CSc2ccc(N)cc2)c1OC. The minimum absolute atomic E-state index is 0.688. The third-order valence-electron chi connectivity index (χ3n) is 2.62. The fourth-order valence-electron chi connectivity index (χ4n) is 1.67. The molecule has 0 spiro atoms. The molecular formula is C14H16N2O2S. The average Bonchev–Trinajstić information content (AvgIpc) is 2.46. The van der Waals surface area contributed by atoms with Crippen LogP contribution in [-0.4, -0.2) is 19.2 Å². The third-order valence-corrected chi connectivity index (χ3v) is 3.65. The van der Waals surface area contributed by atoms with E-state index in [2.05, 4.69) is 4.98 Å². The lowest BCUT2D eigenvalue weighted by molar-refractivity contribution is 0.350. The number of nitrogens with zero attached hydrogens (tertiary/aromatic N) is 1. The first-order chi connectivity index (χ1) is 9.24. The molecule has 0 bridgehead atoms. The van der Waals surface area contributed by atoms with E-state index in [1.54, 1.807) is 38.2 Å². The van der Waals surface area contributed by atoms with Gasteiger partial charge >= 0.3 is 0 Å². The Morgan fingerprint density at radius 3 is 2.47 bits per heavy atom. The number of thioether (sulfide) groups is 1. The highest BCUT2D eigenvalue weighted by Gasteiger charge is 2.11. The van der Waals surface area contributed by atoms with Crippen molar-refractivity contribution in [1.82, 2.24) is 4.98 Å². The second kappa shape index (κ2) is 6.33. The van der Waals surface area contributed by atoms with Crippen molar-refractivity contribution in [2.75, 3.05) is 20.0 Å². The van der Waals surface area contributed by atoms with E-state index in [-0.39, 0.29) is 0 Å². The van der Waals surface area contributed by atoms with Crippen LogP contribution >= 0.6 is 11.8 Å². The maximum atomic E-state index is 5.66. The second-order valence-electron chi connectivity index (χ2n) is 3.85. The largest absolute Gasteiger partial charge is 0.493 e. The van der Waals surface area contributed by atoms with Crippen LogP contribution in [0.1, 0.15) is 5.69 Å². The highest BCUT2D eigenvalue weighted by molar-refractivity contribution is 7.98. The zero-order valence-electron chi connectivity index (χ0n) is 10.9. The van der Waals surface area contributed by atoms with E-state index < -0.39 is 0 Å². The van der Waals surface area contributed by atoms with Crippen LogP contribution in [0.4, 0.5) is 5.69 Å². The number of rotatable bonds is 5. The van der Waals surface area contributed by atoms with Gasteiger partial charge in [0.1, 0.15) is 0 Å². The Morgan fingerprint density at radius 1 is 1.11 bits per heavy atom. The summed E-state index contributed by atoms with van der Waals surface area (Å²) in [5.41, 5.74) is 7.29. The van der Waals surface area contributed by atoms with Gasteiger partial charge in [0.25, 0.3) is 0 Å². The first kappa shape index (κ1) is 13.5. The first-order valence-corrected chi connectivity index (χ1v) is 6.77. The summed E-state index contributed by atoms with van der Waals surface area (Å²) in [7, 11) is 3.24. The molecule has 2 N–H and O–H groups in total. The van der Waals surface area contributed by atoms with Gasteiger partial charge in [-0.25, -0.2) is 0 Å². The minimum Gasteiger partial charge on any atom is -0.493 e. The molecule has 0 amide bonds. The van der Waals surface area contributed by atoms with Gasteiger partial charge in [0.2, 0.25) is 0 Å². The molecule has 0 aliphatic heterocycles. The lowest BCUT2D eigenvalue weighted by Gasteiger charge is -2.11. The van der Waals surface area contributed by atoms with E-state index in [0.717, 1.165) is 16.3 Å². The molecular weight excluding hydrogens is 260 g/mol. The quantitative estimate of drug-likeness (QED) is 0.672. The fraction of sp³-hybridized carbons (Fsp3) is 0.214. The van der Waals surface area contributed by atoms with Crippen molar-refractivity contribution in [1.29, 1.82) is 0 Å². The monoisotopic (exact) mass is 276 g/mol. The summed E-state index contributed by atoms with van der Waals surface area (Å²) >= 11 is 1.68. The van der Waals surface area contributed by atoms with Gasteiger partial charge in [-0.2, -0.15) is 0 Å². The molecule has 2 rings (SSSR count). The lowest BCUT2D eigenvalue weighted by Crippen LogP contribution is -1.97. The van der Waals surface area contributed by atoms with Crippen molar-refractivity contribution in [2.24, 2.45) is 0 Å². The number of benzene rings is 1. The second-order valence-corrected chi connectivity index (χ2v) is 4.90. The highest BCUT2D eigenvalue weighted by Crippen LogP contribution is 2.33. The highest BCUT2D eigenvalue weighted by atomic mass is 32.2. The van der Waals surface area contributed by atoms with Gasteiger partial charge in [-0.15, -0.1) is 11.8 Å². The number of methoxy groups -OCH3 is 2. The number of ether oxygens (including phenoxy) is 2. The first-order valence-electron chi connectivity index (χ1n) is 5.78. The minimum atomic E-state index is 0.688. The van der Waals surface area contributed by atoms with Gasteiger partial charge in [-0.1, -0.05) is 0 Å². The number of pyridine rings is 1. The van der Waals surface area contributed by atoms with Gasteiger partial charge in [-0.3, -0.25) is 4.98 Å². The number of hydrogen-bond acceptors (Lipinski definition) is 5. The molecule has 0 aliphatic carbocycles. The predicted octanol–water partition coefficient (Wildman–Crippen LogP) is 2.97. The van der Waals surface area contributed by atoms with Crippen molar-refractivity contribution >= 4 is 17.4 Å². The lowest BCUT2D eigenvalue weighted by atomic mass is 10.3. The number of nitrogen functional groups attached to an aromatic ring is 1. The Hall–Kier alpha value is -1.88. The van der Waals surface area contributed by atoms with Crippen LogP contribution < -0.4 is 15.2 Å². The summed E-state index contributed by atoms with van der Waals surface area (Å²) in [4.78, 5) is 5.48. The molecule has 0 atom stereocenters. The molecule has 5 heteroatoms. The van der Waals surface area contributed by atoms with Gasteiger partial charge in [0, 0.05) is 28.6 Å². The Morgan fingerprint density at radius 2 is 1.84 bits per heavy atom. The third kappa shape index (κ3) is 3.32. The maximum Gasteiger partial charge on any atom is 0.183 e. The van der Waals surface area contributed by atoms with Crippen molar-refractivity contribution in [3.63, 3.8) is 0 Å². The van der Waals surface area contributed by atoms with Crippen LogP contribution in [0.2, 0.25) is 0 Å². The van der Waals surface area contributed by atoms with Crippen LogP contribution in [0.5, 0.6) is 11.5 Å². The molecule has 0 saturated carbocycles. The molecule has 0 unspecified atom stereocenters. The van der Waals surface area contributed by atoms with E-state index in [0.29, 0.717) is 17.3 Å². The van der Waals surface area contributed by atoms with E-state index in [4.69, 9.17) is 15.2 Å². The standard InChI is InChI=1S/C14H16N2O2S/c1-17-13-7-8-16-12(14(13)18-2)9-19-11-5-3-10(15)4-6-11/h3-8H,9,15H2,1-2H3. The molecule has 0 saturated heterocycles. The molecule has 19 heavy (non-hydrogen) atoms. The summed E-state index contributed by atoms with van der Waals surface area (Å²) in [6, 6.07) is 9.55.